The van der Waals surface area contributed by atoms with Gasteiger partial charge in [0.05, 0.1) is 12.5 Å². The lowest BCUT2D eigenvalue weighted by molar-refractivity contribution is 1.11. The van der Waals surface area contributed by atoms with Crippen LogP contribution in [-0.4, -0.2) is 19.9 Å². The second-order valence-electron chi connectivity index (χ2n) is 1.80. The van der Waals surface area contributed by atoms with Gasteiger partial charge in [-0.3, -0.25) is 0 Å². The van der Waals surface area contributed by atoms with Gasteiger partial charge in [-0.15, -0.1) is 12.6 Å². The largest absolute Gasteiger partial charge is 0.328 e. The summed E-state index contributed by atoms with van der Waals surface area (Å²) < 4.78 is 0. The Morgan fingerprint density at radius 3 is 3.20 bits per heavy atom. The SMILES string of the molecule is Sc1cnc2[nH]cnc2n1. The quantitative estimate of drug-likeness (QED) is 0.545. The number of hydrogen-bond acceptors (Lipinski definition) is 4. The number of hydrogen-bond donors (Lipinski definition) is 2. The number of thiol groups is 1. The molecule has 0 bridgehead atoms. The Morgan fingerprint density at radius 1 is 1.40 bits per heavy atom. The van der Waals surface area contributed by atoms with Gasteiger partial charge in [-0.05, 0) is 0 Å². The maximum atomic E-state index is 4.01. The van der Waals surface area contributed by atoms with Crippen molar-refractivity contribution in [3.8, 4) is 0 Å². The Labute approximate surface area is 62.1 Å². The Morgan fingerprint density at radius 2 is 2.30 bits per heavy atom. The standard InChI is InChI=1S/C5H4N4S/c10-3-1-6-4-5(9-3)8-2-7-4/h1-2H,(H2,6,7,8,9,10). The Balaban J connectivity index is 2.86. The van der Waals surface area contributed by atoms with E-state index >= 15 is 0 Å². The van der Waals surface area contributed by atoms with Crippen molar-refractivity contribution >= 4 is 23.9 Å². The van der Waals surface area contributed by atoms with Gasteiger partial charge in [-0.2, -0.15) is 0 Å². The summed E-state index contributed by atoms with van der Waals surface area (Å²) in [6.45, 7) is 0. The van der Waals surface area contributed by atoms with Gasteiger partial charge in [-0.1, -0.05) is 0 Å². The van der Waals surface area contributed by atoms with Crippen LogP contribution in [0.1, 0.15) is 0 Å². The third kappa shape index (κ3) is 0.750. The van der Waals surface area contributed by atoms with E-state index in [9.17, 15) is 0 Å². The van der Waals surface area contributed by atoms with Crippen LogP contribution in [0, 0.1) is 0 Å². The fourth-order valence-electron chi connectivity index (χ4n) is 0.717. The molecule has 5 heteroatoms. The highest BCUT2D eigenvalue weighted by Gasteiger charge is 1.96. The third-order valence-corrected chi connectivity index (χ3v) is 1.34. The molecule has 4 nitrogen and oxygen atoms in total. The molecule has 0 fully saturated rings. The van der Waals surface area contributed by atoms with E-state index in [2.05, 4.69) is 32.6 Å². The van der Waals surface area contributed by atoms with E-state index < -0.39 is 0 Å². The van der Waals surface area contributed by atoms with Crippen LogP contribution in [0.15, 0.2) is 17.6 Å². The van der Waals surface area contributed by atoms with Gasteiger partial charge >= 0.3 is 0 Å². The first-order valence-corrected chi connectivity index (χ1v) is 3.16. The molecule has 0 aliphatic carbocycles. The zero-order valence-corrected chi connectivity index (χ0v) is 5.84. The summed E-state index contributed by atoms with van der Waals surface area (Å²) in [5, 5.41) is 0.583. The Kier molecular flexibility index (Phi) is 1.10. The highest BCUT2D eigenvalue weighted by atomic mass is 32.1. The summed E-state index contributed by atoms with van der Waals surface area (Å²) in [6, 6.07) is 0. The van der Waals surface area contributed by atoms with Crippen LogP contribution in [-0.2, 0) is 0 Å². The van der Waals surface area contributed by atoms with Crippen molar-refractivity contribution in [1.82, 2.24) is 19.9 Å². The lowest BCUT2D eigenvalue weighted by atomic mass is 10.7. The van der Waals surface area contributed by atoms with Gasteiger partial charge in [0, 0.05) is 0 Å². The summed E-state index contributed by atoms with van der Waals surface area (Å²) in [5.41, 5.74) is 1.30. The van der Waals surface area contributed by atoms with E-state index in [4.69, 9.17) is 0 Å². The van der Waals surface area contributed by atoms with Gasteiger partial charge in [0.1, 0.15) is 5.03 Å². The lowest BCUT2D eigenvalue weighted by Crippen LogP contribution is -1.81. The van der Waals surface area contributed by atoms with Gasteiger partial charge in [-0.25, -0.2) is 15.0 Å². The number of nitrogens with one attached hydrogen (secondary N) is 1. The van der Waals surface area contributed by atoms with Crippen molar-refractivity contribution in [2.24, 2.45) is 0 Å². The zero-order valence-electron chi connectivity index (χ0n) is 4.94. The van der Waals surface area contributed by atoms with Crippen LogP contribution in [0.3, 0.4) is 0 Å². The molecule has 0 spiro atoms. The normalized spacial score (nSPS) is 10.5. The molecule has 0 radical (unpaired) electrons. The van der Waals surface area contributed by atoms with Crippen molar-refractivity contribution < 1.29 is 0 Å². The number of aromatic nitrogens is 4. The molecular weight excluding hydrogens is 148 g/mol. The average Bonchev–Trinajstić information content (AvgIpc) is 2.33. The number of imidazole rings is 1. The average molecular weight is 152 g/mol. The second-order valence-corrected chi connectivity index (χ2v) is 2.26. The van der Waals surface area contributed by atoms with Crippen molar-refractivity contribution in [3.63, 3.8) is 0 Å². The monoisotopic (exact) mass is 152 g/mol. The fraction of sp³-hybridized carbons (Fsp3) is 0. The predicted molar refractivity (Wildman–Crippen MR) is 38.9 cm³/mol. The number of rotatable bonds is 0. The first kappa shape index (κ1) is 5.67. The minimum Gasteiger partial charge on any atom is -0.328 e. The van der Waals surface area contributed by atoms with E-state index in [0.29, 0.717) is 16.3 Å². The number of aromatic amines is 1. The van der Waals surface area contributed by atoms with Crippen LogP contribution in [0.2, 0.25) is 0 Å². The molecule has 2 aromatic heterocycles. The maximum absolute atomic E-state index is 4.01. The molecular formula is C5H4N4S. The van der Waals surface area contributed by atoms with E-state index in [0.717, 1.165) is 0 Å². The molecule has 0 aliphatic rings. The van der Waals surface area contributed by atoms with Crippen LogP contribution >= 0.6 is 12.6 Å². The summed E-state index contributed by atoms with van der Waals surface area (Å²) >= 11 is 4.01. The molecule has 0 atom stereocenters. The van der Waals surface area contributed by atoms with E-state index in [1.165, 1.54) is 0 Å². The van der Waals surface area contributed by atoms with E-state index in [1.807, 2.05) is 0 Å². The Bertz CT molecular complexity index is 355. The number of fused-ring (bicyclic) bond motifs is 1. The van der Waals surface area contributed by atoms with E-state index in [-0.39, 0.29) is 0 Å². The fourth-order valence-corrected chi connectivity index (χ4v) is 0.869. The minimum atomic E-state index is 0.583. The summed E-state index contributed by atoms with van der Waals surface area (Å²) in [7, 11) is 0. The van der Waals surface area contributed by atoms with Crippen LogP contribution in [0.25, 0.3) is 11.3 Å². The lowest BCUT2D eigenvalue weighted by Gasteiger charge is -1.86. The minimum absolute atomic E-state index is 0.583. The summed E-state index contributed by atoms with van der Waals surface area (Å²) in [4.78, 5) is 14.7. The molecule has 0 saturated carbocycles. The first-order chi connectivity index (χ1) is 4.86. The van der Waals surface area contributed by atoms with Crippen molar-refractivity contribution in [3.05, 3.63) is 12.5 Å². The highest BCUT2D eigenvalue weighted by Crippen LogP contribution is 2.04. The maximum Gasteiger partial charge on any atom is 0.198 e. The topological polar surface area (TPSA) is 54.5 Å². The number of nitrogens with zero attached hydrogens (tertiary/aromatic N) is 3. The van der Waals surface area contributed by atoms with Crippen LogP contribution in [0.4, 0.5) is 0 Å². The summed E-state index contributed by atoms with van der Waals surface area (Å²) in [6.07, 6.45) is 3.13. The van der Waals surface area contributed by atoms with Gasteiger partial charge < -0.3 is 4.98 Å². The molecule has 50 valence electrons. The van der Waals surface area contributed by atoms with Crippen molar-refractivity contribution in [2.45, 2.75) is 5.03 Å². The van der Waals surface area contributed by atoms with Gasteiger partial charge in [0.2, 0.25) is 0 Å². The third-order valence-electron chi connectivity index (χ3n) is 1.13. The summed E-state index contributed by atoms with van der Waals surface area (Å²) in [5.74, 6) is 0. The molecule has 2 rings (SSSR count). The molecule has 2 aromatic rings. The molecule has 10 heavy (non-hydrogen) atoms. The highest BCUT2D eigenvalue weighted by molar-refractivity contribution is 7.80. The molecule has 0 amide bonds. The Hall–Kier alpha value is -1.10. The smallest absolute Gasteiger partial charge is 0.198 e. The van der Waals surface area contributed by atoms with Crippen LogP contribution in [0.5, 0.6) is 0 Å². The first-order valence-electron chi connectivity index (χ1n) is 2.71. The van der Waals surface area contributed by atoms with E-state index in [1.54, 1.807) is 12.5 Å². The van der Waals surface area contributed by atoms with Gasteiger partial charge in [0.15, 0.2) is 11.3 Å². The molecule has 2 heterocycles. The second kappa shape index (κ2) is 1.95. The van der Waals surface area contributed by atoms with Crippen LogP contribution < -0.4 is 0 Å². The predicted octanol–water partition coefficient (Wildman–Crippen LogP) is 0.642. The van der Waals surface area contributed by atoms with Crippen molar-refractivity contribution in [1.29, 1.82) is 0 Å². The molecule has 0 saturated heterocycles. The zero-order chi connectivity index (χ0) is 6.97. The molecule has 0 aliphatic heterocycles. The van der Waals surface area contributed by atoms with Gasteiger partial charge in [0.25, 0.3) is 0 Å². The molecule has 1 N–H and O–H groups in total. The van der Waals surface area contributed by atoms with Crippen molar-refractivity contribution in [2.75, 3.05) is 0 Å². The molecule has 0 unspecified atom stereocenters. The number of H-pyrrole nitrogens is 1. The molecule has 0 aromatic carbocycles.